The molecule has 0 atom stereocenters. The number of fused-ring (bicyclic) bond motifs is 1. The molecular formula is C12H15BrN2O2. The van der Waals surface area contributed by atoms with E-state index in [-0.39, 0.29) is 5.76 Å². The van der Waals surface area contributed by atoms with Crippen LogP contribution in [-0.4, -0.2) is 22.6 Å². The number of aromatic nitrogens is 1. The van der Waals surface area contributed by atoms with E-state index < -0.39 is 0 Å². The van der Waals surface area contributed by atoms with Crippen molar-refractivity contribution in [2.24, 2.45) is 0 Å². The van der Waals surface area contributed by atoms with Gasteiger partial charge in [-0.2, -0.15) is 0 Å². The fourth-order valence-corrected chi connectivity index (χ4v) is 2.14. The third-order valence-corrected chi connectivity index (χ3v) is 3.36. The van der Waals surface area contributed by atoms with Gasteiger partial charge in [0.15, 0.2) is 5.58 Å². The fraction of sp³-hybridized carbons (Fsp3) is 0.417. The van der Waals surface area contributed by atoms with E-state index in [1.807, 2.05) is 18.2 Å². The van der Waals surface area contributed by atoms with Crippen molar-refractivity contribution >= 4 is 27.0 Å². The largest absolute Gasteiger partial charge is 0.421 e. The Morgan fingerprint density at radius 3 is 2.71 bits per heavy atom. The van der Waals surface area contributed by atoms with Crippen molar-refractivity contribution < 1.29 is 4.42 Å². The van der Waals surface area contributed by atoms with E-state index in [1.165, 1.54) is 0 Å². The maximum absolute atomic E-state index is 11.8. The molecule has 1 aromatic heterocycles. The van der Waals surface area contributed by atoms with E-state index in [0.717, 1.165) is 23.1 Å². The zero-order valence-corrected chi connectivity index (χ0v) is 11.5. The molecule has 0 unspecified atom stereocenters. The molecule has 92 valence electrons. The maximum atomic E-state index is 11.8. The Labute approximate surface area is 108 Å². The highest BCUT2D eigenvalue weighted by molar-refractivity contribution is 9.10. The van der Waals surface area contributed by atoms with E-state index >= 15 is 0 Å². The lowest BCUT2D eigenvalue weighted by atomic mass is 10.3. The highest BCUT2D eigenvalue weighted by Crippen LogP contribution is 2.18. The predicted octanol–water partition coefficient (Wildman–Crippen LogP) is 2.66. The van der Waals surface area contributed by atoms with Crippen LogP contribution in [0.2, 0.25) is 0 Å². The quantitative estimate of drug-likeness (QED) is 0.871. The average molecular weight is 299 g/mol. The summed E-state index contributed by atoms with van der Waals surface area (Å²) in [6, 6.07) is 5.62. The Bertz CT molecular complexity index is 569. The summed E-state index contributed by atoms with van der Waals surface area (Å²) >= 11 is 3.36. The first kappa shape index (κ1) is 12.4. The van der Waals surface area contributed by atoms with E-state index in [1.54, 1.807) is 4.57 Å². The minimum Gasteiger partial charge on any atom is -0.408 e. The van der Waals surface area contributed by atoms with Gasteiger partial charge in [-0.15, -0.1) is 0 Å². The maximum Gasteiger partial charge on any atom is 0.421 e. The average Bonchev–Trinajstić information content (AvgIpc) is 2.61. The van der Waals surface area contributed by atoms with Crippen molar-refractivity contribution in [2.45, 2.75) is 20.5 Å². The van der Waals surface area contributed by atoms with Gasteiger partial charge in [-0.3, -0.25) is 9.47 Å². The number of oxazole rings is 1. The molecule has 0 saturated heterocycles. The van der Waals surface area contributed by atoms with Crippen molar-refractivity contribution in [1.82, 2.24) is 9.47 Å². The number of nitrogens with zero attached hydrogens (tertiary/aromatic N) is 2. The van der Waals surface area contributed by atoms with E-state index in [9.17, 15) is 4.79 Å². The summed E-state index contributed by atoms with van der Waals surface area (Å²) in [6.07, 6.45) is 0. The summed E-state index contributed by atoms with van der Waals surface area (Å²) in [5.41, 5.74) is 1.46. The summed E-state index contributed by atoms with van der Waals surface area (Å²) in [5.74, 6) is -0.301. The fourth-order valence-electron chi connectivity index (χ4n) is 1.80. The molecule has 0 amide bonds. The lowest BCUT2D eigenvalue weighted by Gasteiger charge is -2.17. The molecule has 0 bridgehead atoms. The molecule has 0 aliphatic carbocycles. The van der Waals surface area contributed by atoms with Crippen molar-refractivity contribution in [1.29, 1.82) is 0 Å². The van der Waals surface area contributed by atoms with Gasteiger partial charge in [0.2, 0.25) is 0 Å². The van der Waals surface area contributed by atoms with Crippen molar-refractivity contribution in [3.05, 3.63) is 33.2 Å². The zero-order chi connectivity index (χ0) is 12.4. The molecule has 0 N–H and O–H groups in total. The first-order chi connectivity index (χ1) is 8.15. The molecule has 1 aromatic carbocycles. The van der Waals surface area contributed by atoms with Crippen LogP contribution in [0.3, 0.4) is 0 Å². The molecule has 4 nitrogen and oxygen atoms in total. The molecule has 5 heteroatoms. The first-order valence-electron chi connectivity index (χ1n) is 5.67. The lowest BCUT2D eigenvalue weighted by molar-refractivity contribution is 0.236. The molecule has 1 heterocycles. The second-order valence-electron chi connectivity index (χ2n) is 3.85. The van der Waals surface area contributed by atoms with Gasteiger partial charge in [-0.05, 0) is 31.3 Å². The minimum atomic E-state index is -0.301. The number of hydrogen-bond donors (Lipinski definition) is 0. The smallest absolute Gasteiger partial charge is 0.408 e. The van der Waals surface area contributed by atoms with Crippen LogP contribution < -0.4 is 5.76 Å². The number of benzene rings is 1. The van der Waals surface area contributed by atoms with Crippen LogP contribution in [0.25, 0.3) is 11.1 Å². The monoisotopic (exact) mass is 298 g/mol. The van der Waals surface area contributed by atoms with Crippen molar-refractivity contribution in [2.75, 3.05) is 13.1 Å². The predicted molar refractivity (Wildman–Crippen MR) is 71.1 cm³/mol. The van der Waals surface area contributed by atoms with Crippen LogP contribution in [0.4, 0.5) is 0 Å². The topological polar surface area (TPSA) is 38.4 Å². The summed E-state index contributed by atoms with van der Waals surface area (Å²) in [6.45, 7) is 6.54. The van der Waals surface area contributed by atoms with Crippen molar-refractivity contribution in [3.63, 3.8) is 0 Å². The molecule has 0 saturated carbocycles. The molecular weight excluding hydrogens is 284 g/mol. The normalized spacial score (nSPS) is 11.5. The molecule has 17 heavy (non-hydrogen) atoms. The third kappa shape index (κ3) is 2.45. The minimum absolute atomic E-state index is 0.301. The van der Waals surface area contributed by atoms with Crippen LogP contribution in [-0.2, 0) is 6.67 Å². The number of hydrogen-bond acceptors (Lipinski definition) is 3. The summed E-state index contributed by atoms with van der Waals surface area (Å²) < 4.78 is 7.79. The van der Waals surface area contributed by atoms with Gasteiger partial charge >= 0.3 is 5.76 Å². The van der Waals surface area contributed by atoms with Crippen LogP contribution in [0.15, 0.2) is 31.9 Å². The highest BCUT2D eigenvalue weighted by Gasteiger charge is 2.11. The van der Waals surface area contributed by atoms with Crippen LogP contribution in [0.1, 0.15) is 13.8 Å². The third-order valence-electron chi connectivity index (χ3n) is 2.87. The summed E-state index contributed by atoms with van der Waals surface area (Å²) in [7, 11) is 0. The van der Waals surface area contributed by atoms with Gasteiger partial charge in [0.05, 0.1) is 12.2 Å². The van der Waals surface area contributed by atoms with E-state index in [2.05, 4.69) is 34.7 Å². The second-order valence-corrected chi connectivity index (χ2v) is 4.77. The zero-order valence-electron chi connectivity index (χ0n) is 9.94. The van der Waals surface area contributed by atoms with Gasteiger partial charge in [-0.25, -0.2) is 4.79 Å². The molecule has 2 rings (SSSR count). The van der Waals surface area contributed by atoms with Crippen molar-refractivity contribution in [3.8, 4) is 0 Å². The van der Waals surface area contributed by atoms with Gasteiger partial charge < -0.3 is 4.42 Å². The Balaban J connectivity index is 2.46. The van der Waals surface area contributed by atoms with Crippen LogP contribution in [0, 0.1) is 0 Å². The number of rotatable bonds is 4. The van der Waals surface area contributed by atoms with E-state index in [0.29, 0.717) is 12.3 Å². The first-order valence-corrected chi connectivity index (χ1v) is 6.46. The summed E-state index contributed by atoms with van der Waals surface area (Å²) in [4.78, 5) is 13.9. The standard InChI is InChI=1S/C12H15BrN2O2/c1-3-14(4-2)8-15-10-6-5-9(13)7-11(10)17-12(15)16/h5-7H,3-4,8H2,1-2H3. The Hall–Kier alpha value is -1.07. The Morgan fingerprint density at radius 2 is 2.06 bits per heavy atom. The summed E-state index contributed by atoms with van der Waals surface area (Å²) in [5, 5.41) is 0. The number of halogens is 1. The van der Waals surface area contributed by atoms with Gasteiger partial charge in [0.1, 0.15) is 0 Å². The van der Waals surface area contributed by atoms with E-state index in [4.69, 9.17) is 4.42 Å². The molecule has 2 aromatic rings. The van der Waals surface area contributed by atoms with Crippen LogP contribution in [0.5, 0.6) is 0 Å². The molecule has 0 aliphatic rings. The molecule has 0 fully saturated rings. The Morgan fingerprint density at radius 1 is 1.35 bits per heavy atom. The van der Waals surface area contributed by atoms with Crippen LogP contribution >= 0.6 is 15.9 Å². The molecule has 0 radical (unpaired) electrons. The van der Waals surface area contributed by atoms with Gasteiger partial charge in [-0.1, -0.05) is 29.8 Å². The van der Waals surface area contributed by atoms with Gasteiger partial charge in [0, 0.05) is 4.47 Å². The highest BCUT2D eigenvalue weighted by atomic mass is 79.9. The second kappa shape index (κ2) is 5.06. The Kier molecular flexibility index (Phi) is 3.69. The molecule has 0 spiro atoms. The van der Waals surface area contributed by atoms with Gasteiger partial charge in [0.25, 0.3) is 0 Å². The lowest BCUT2D eigenvalue weighted by Crippen LogP contribution is -2.30. The SMILES string of the molecule is CCN(CC)Cn1c(=O)oc2cc(Br)ccc21. The molecule has 0 aliphatic heterocycles.